The van der Waals surface area contributed by atoms with Gasteiger partial charge in [0.2, 0.25) is 0 Å². The van der Waals surface area contributed by atoms with Crippen LogP contribution in [0, 0.1) is 5.92 Å². The molecule has 1 aliphatic rings. The van der Waals surface area contributed by atoms with Crippen LogP contribution in [0.3, 0.4) is 0 Å². The molecule has 7 nitrogen and oxygen atoms in total. The zero-order valence-corrected chi connectivity index (χ0v) is 17.7. The Morgan fingerprint density at radius 1 is 1.13 bits per heavy atom. The summed E-state index contributed by atoms with van der Waals surface area (Å²) >= 11 is 1.57. The Kier molecular flexibility index (Phi) is 6.23. The largest absolute Gasteiger partial charge is 0.486 e. The average molecular weight is 425 g/mol. The number of thioether (sulfide) groups is 1. The van der Waals surface area contributed by atoms with Crippen LogP contribution in [0.4, 0.5) is 0 Å². The van der Waals surface area contributed by atoms with Gasteiger partial charge in [0.15, 0.2) is 16.7 Å². The molecule has 30 heavy (non-hydrogen) atoms. The molecule has 0 bridgehead atoms. The van der Waals surface area contributed by atoms with Crippen LogP contribution in [0.15, 0.2) is 53.9 Å². The first-order valence-corrected chi connectivity index (χ1v) is 10.9. The van der Waals surface area contributed by atoms with E-state index in [1.807, 2.05) is 42.5 Å². The first-order chi connectivity index (χ1) is 14.6. The summed E-state index contributed by atoms with van der Waals surface area (Å²) in [4.78, 5) is 17.0. The highest BCUT2D eigenvalue weighted by Crippen LogP contribution is 2.34. The van der Waals surface area contributed by atoms with E-state index in [0.29, 0.717) is 18.8 Å². The van der Waals surface area contributed by atoms with E-state index in [1.165, 1.54) is 6.33 Å². The summed E-state index contributed by atoms with van der Waals surface area (Å²) in [5.74, 6) is 2.35. The Morgan fingerprint density at radius 3 is 2.60 bits per heavy atom. The van der Waals surface area contributed by atoms with E-state index in [0.717, 1.165) is 33.5 Å². The SMILES string of the molecule is CC(C)C(NC(=O)c1ccc(CSc2ncn[nH]2)cc1)c1ccc2c(c1)OCCO2. The first-order valence-electron chi connectivity index (χ1n) is 9.87. The van der Waals surface area contributed by atoms with Crippen LogP contribution in [-0.2, 0) is 5.75 Å². The van der Waals surface area contributed by atoms with Gasteiger partial charge < -0.3 is 14.8 Å². The molecular weight excluding hydrogens is 400 g/mol. The van der Waals surface area contributed by atoms with Crippen LogP contribution in [0.2, 0.25) is 0 Å². The molecular formula is C22H24N4O3S. The zero-order chi connectivity index (χ0) is 20.9. The molecule has 1 atom stereocenters. The predicted octanol–water partition coefficient (Wildman–Crippen LogP) is 4.00. The molecule has 0 aliphatic carbocycles. The Hall–Kier alpha value is -3.00. The molecule has 8 heteroatoms. The van der Waals surface area contributed by atoms with Crippen molar-refractivity contribution in [2.24, 2.45) is 5.92 Å². The summed E-state index contributed by atoms with van der Waals surface area (Å²) in [5, 5.41) is 10.6. The van der Waals surface area contributed by atoms with Gasteiger partial charge in [0.1, 0.15) is 19.5 Å². The summed E-state index contributed by atoms with van der Waals surface area (Å²) in [6.45, 7) is 5.27. The number of nitrogens with zero attached hydrogens (tertiary/aromatic N) is 2. The molecule has 1 aromatic heterocycles. The van der Waals surface area contributed by atoms with E-state index in [9.17, 15) is 4.79 Å². The summed E-state index contributed by atoms with van der Waals surface area (Å²) in [6.07, 6.45) is 1.49. The van der Waals surface area contributed by atoms with Crippen molar-refractivity contribution in [2.45, 2.75) is 30.8 Å². The number of hydrogen-bond acceptors (Lipinski definition) is 6. The number of H-pyrrole nitrogens is 1. The van der Waals surface area contributed by atoms with Crippen molar-refractivity contribution < 1.29 is 14.3 Å². The quantitative estimate of drug-likeness (QED) is 0.558. The highest BCUT2D eigenvalue weighted by atomic mass is 32.2. The maximum atomic E-state index is 12.9. The maximum absolute atomic E-state index is 12.9. The van der Waals surface area contributed by atoms with Gasteiger partial charge in [-0.15, -0.1) is 0 Å². The van der Waals surface area contributed by atoms with E-state index >= 15 is 0 Å². The number of rotatable bonds is 7. The molecule has 156 valence electrons. The molecule has 1 amide bonds. The van der Waals surface area contributed by atoms with Crippen molar-refractivity contribution in [1.29, 1.82) is 0 Å². The van der Waals surface area contributed by atoms with Crippen molar-refractivity contribution in [1.82, 2.24) is 20.5 Å². The van der Waals surface area contributed by atoms with Crippen LogP contribution in [0.1, 0.15) is 41.4 Å². The van der Waals surface area contributed by atoms with E-state index in [2.05, 4.69) is 34.3 Å². The number of fused-ring (bicyclic) bond motifs is 1. The molecule has 0 saturated heterocycles. The van der Waals surface area contributed by atoms with Gasteiger partial charge in [-0.1, -0.05) is 43.8 Å². The summed E-state index contributed by atoms with van der Waals surface area (Å²) in [6, 6.07) is 13.4. The van der Waals surface area contributed by atoms with Crippen LogP contribution < -0.4 is 14.8 Å². The number of hydrogen-bond donors (Lipinski definition) is 2. The number of benzene rings is 2. The van der Waals surface area contributed by atoms with Crippen molar-refractivity contribution in [3.63, 3.8) is 0 Å². The minimum absolute atomic E-state index is 0.0990. The van der Waals surface area contributed by atoms with E-state index in [1.54, 1.807) is 11.8 Å². The lowest BCUT2D eigenvalue weighted by Gasteiger charge is -2.25. The predicted molar refractivity (Wildman–Crippen MR) is 115 cm³/mol. The molecule has 2 heterocycles. The second-order valence-corrected chi connectivity index (χ2v) is 8.34. The van der Waals surface area contributed by atoms with Gasteiger partial charge in [-0.05, 0) is 41.3 Å². The summed E-state index contributed by atoms with van der Waals surface area (Å²) in [7, 11) is 0. The molecule has 0 spiro atoms. The van der Waals surface area contributed by atoms with Gasteiger partial charge in [0.25, 0.3) is 5.91 Å². The third-order valence-corrected chi connectivity index (χ3v) is 5.81. The lowest BCUT2D eigenvalue weighted by molar-refractivity contribution is 0.0925. The van der Waals surface area contributed by atoms with Gasteiger partial charge >= 0.3 is 0 Å². The lowest BCUT2D eigenvalue weighted by Crippen LogP contribution is -2.31. The van der Waals surface area contributed by atoms with Crippen molar-refractivity contribution in [3.8, 4) is 11.5 Å². The van der Waals surface area contributed by atoms with Gasteiger partial charge in [0.05, 0.1) is 6.04 Å². The fourth-order valence-electron chi connectivity index (χ4n) is 3.28. The standard InChI is InChI=1S/C22H24N4O3S/c1-14(2)20(17-7-8-18-19(11-17)29-10-9-28-18)25-21(27)16-5-3-15(4-6-16)12-30-22-23-13-24-26-22/h3-8,11,13-14,20H,9-10,12H2,1-2H3,(H,25,27)(H,23,24,26). The molecule has 0 saturated carbocycles. The third-order valence-electron chi connectivity index (χ3n) is 4.86. The van der Waals surface area contributed by atoms with Crippen LogP contribution in [-0.4, -0.2) is 34.3 Å². The second-order valence-electron chi connectivity index (χ2n) is 7.37. The maximum Gasteiger partial charge on any atom is 0.251 e. The third kappa shape index (κ3) is 4.76. The molecule has 4 rings (SSSR count). The van der Waals surface area contributed by atoms with Gasteiger partial charge in [-0.3, -0.25) is 9.89 Å². The van der Waals surface area contributed by atoms with Crippen LogP contribution in [0.5, 0.6) is 11.5 Å². The Bertz CT molecular complexity index is 990. The smallest absolute Gasteiger partial charge is 0.251 e. The normalized spacial score (nSPS) is 13.8. The minimum atomic E-state index is -0.130. The average Bonchev–Trinajstić information content (AvgIpc) is 3.29. The van der Waals surface area contributed by atoms with Crippen molar-refractivity contribution in [2.75, 3.05) is 13.2 Å². The van der Waals surface area contributed by atoms with Crippen LogP contribution in [0.25, 0.3) is 0 Å². The topological polar surface area (TPSA) is 89.1 Å². The Morgan fingerprint density at radius 2 is 1.90 bits per heavy atom. The molecule has 1 unspecified atom stereocenters. The fourth-order valence-corrected chi connectivity index (χ4v) is 4.02. The Labute approximate surface area is 179 Å². The number of nitrogens with one attached hydrogen (secondary N) is 2. The van der Waals surface area contributed by atoms with Gasteiger partial charge in [-0.25, -0.2) is 4.98 Å². The highest BCUT2D eigenvalue weighted by Gasteiger charge is 2.22. The van der Waals surface area contributed by atoms with Crippen molar-refractivity contribution >= 4 is 17.7 Å². The lowest BCUT2D eigenvalue weighted by atomic mass is 9.95. The molecule has 2 aromatic carbocycles. The molecule has 0 fully saturated rings. The highest BCUT2D eigenvalue weighted by molar-refractivity contribution is 7.98. The molecule has 0 radical (unpaired) electrons. The summed E-state index contributed by atoms with van der Waals surface area (Å²) < 4.78 is 11.3. The number of ether oxygens (including phenoxy) is 2. The molecule has 1 aliphatic heterocycles. The number of carbonyl (C=O) groups is 1. The summed E-state index contributed by atoms with van der Waals surface area (Å²) in [5.41, 5.74) is 2.74. The van der Waals surface area contributed by atoms with E-state index < -0.39 is 0 Å². The van der Waals surface area contributed by atoms with Crippen LogP contribution >= 0.6 is 11.8 Å². The number of aromatic amines is 1. The Balaban J connectivity index is 1.43. The van der Waals surface area contributed by atoms with Gasteiger partial charge in [-0.2, -0.15) is 5.10 Å². The molecule has 2 N–H and O–H groups in total. The van der Waals surface area contributed by atoms with E-state index in [-0.39, 0.29) is 17.9 Å². The minimum Gasteiger partial charge on any atom is -0.486 e. The monoisotopic (exact) mass is 424 g/mol. The molecule has 3 aromatic rings. The zero-order valence-electron chi connectivity index (χ0n) is 16.9. The van der Waals surface area contributed by atoms with E-state index in [4.69, 9.17) is 9.47 Å². The number of carbonyl (C=O) groups excluding carboxylic acids is 1. The first kappa shape index (κ1) is 20.3. The second kappa shape index (κ2) is 9.21. The number of amides is 1. The fraction of sp³-hybridized carbons (Fsp3) is 0.318. The van der Waals surface area contributed by atoms with Crippen molar-refractivity contribution in [3.05, 3.63) is 65.5 Å². The van der Waals surface area contributed by atoms with Gasteiger partial charge in [0, 0.05) is 11.3 Å². The number of aromatic nitrogens is 3.